The Labute approximate surface area is 175 Å². The number of hydrogen-bond acceptors (Lipinski definition) is 7. The van der Waals surface area contributed by atoms with Gasteiger partial charge in [-0.2, -0.15) is 16.3 Å². The number of thioether (sulfide) groups is 1. The number of rotatable bonds is 5. The first-order chi connectivity index (χ1) is 14.3. The van der Waals surface area contributed by atoms with Gasteiger partial charge < -0.3 is 14.5 Å². The predicted molar refractivity (Wildman–Crippen MR) is 112 cm³/mol. The maximum Gasteiger partial charge on any atom is 0.226 e. The molecule has 0 aromatic carbocycles. The summed E-state index contributed by atoms with van der Waals surface area (Å²) in [5.74, 6) is 3.61. The number of aromatic nitrogens is 4. The molecule has 9 heteroatoms. The molecule has 2 aromatic heterocycles. The third-order valence-corrected chi connectivity index (χ3v) is 7.51. The zero-order chi connectivity index (χ0) is 19.6. The second-order valence-electron chi connectivity index (χ2n) is 8.23. The summed E-state index contributed by atoms with van der Waals surface area (Å²) in [6.45, 7) is 3.32. The number of fused-ring (bicyclic) bond motifs is 1. The zero-order valence-corrected chi connectivity index (χ0v) is 17.5. The van der Waals surface area contributed by atoms with E-state index in [2.05, 4.69) is 25.1 Å². The molecule has 5 heterocycles. The van der Waals surface area contributed by atoms with Crippen molar-refractivity contribution in [3.63, 3.8) is 0 Å². The molecule has 5 rings (SSSR count). The van der Waals surface area contributed by atoms with Gasteiger partial charge in [-0.3, -0.25) is 4.79 Å². The van der Waals surface area contributed by atoms with Gasteiger partial charge in [0.15, 0.2) is 5.65 Å². The van der Waals surface area contributed by atoms with Crippen LogP contribution in [-0.2, 0) is 9.53 Å². The molecule has 3 saturated heterocycles. The largest absolute Gasteiger partial charge is 0.376 e. The number of nitrogens with zero attached hydrogens (tertiary/aromatic N) is 6. The van der Waals surface area contributed by atoms with Crippen molar-refractivity contribution >= 4 is 29.1 Å². The van der Waals surface area contributed by atoms with Gasteiger partial charge in [-0.15, -0.1) is 15.3 Å². The summed E-state index contributed by atoms with van der Waals surface area (Å²) in [5.41, 5.74) is 0.748. The SMILES string of the molecule is O=C(C1CCN(c2ccc3nncn3n2)CC1)N(CC1CCCO1)C1CCSC1. The summed E-state index contributed by atoms with van der Waals surface area (Å²) in [5, 5.41) is 12.5. The van der Waals surface area contributed by atoms with Gasteiger partial charge in [0.2, 0.25) is 5.91 Å². The van der Waals surface area contributed by atoms with Crippen LogP contribution < -0.4 is 4.90 Å². The lowest BCUT2D eigenvalue weighted by Crippen LogP contribution is -2.49. The Hall–Kier alpha value is -1.87. The van der Waals surface area contributed by atoms with E-state index in [0.29, 0.717) is 11.9 Å². The second kappa shape index (κ2) is 8.47. The summed E-state index contributed by atoms with van der Waals surface area (Å²) in [6.07, 6.45) is 6.92. The lowest BCUT2D eigenvalue weighted by atomic mass is 9.94. The maximum absolute atomic E-state index is 13.5. The van der Waals surface area contributed by atoms with E-state index in [9.17, 15) is 4.79 Å². The maximum atomic E-state index is 13.5. The zero-order valence-electron chi connectivity index (χ0n) is 16.7. The minimum absolute atomic E-state index is 0.108. The molecule has 3 aliphatic heterocycles. The molecule has 1 amide bonds. The minimum atomic E-state index is 0.108. The van der Waals surface area contributed by atoms with Gasteiger partial charge in [0, 0.05) is 44.0 Å². The van der Waals surface area contributed by atoms with Gasteiger partial charge in [0.25, 0.3) is 0 Å². The van der Waals surface area contributed by atoms with E-state index in [1.165, 1.54) is 0 Å². The summed E-state index contributed by atoms with van der Waals surface area (Å²) in [4.78, 5) is 17.9. The van der Waals surface area contributed by atoms with Crippen LogP contribution in [0, 0.1) is 5.92 Å². The molecule has 0 N–H and O–H groups in total. The van der Waals surface area contributed by atoms with E-state index < -0.39 is 0 Å². The first-order valence-corrected chi connectivity index (χ1v) is 11.9. The Morgan fingerprint density at radius 2 is 2.14 bits per heavy atom. The normalized spacial score (nSPS) is 25.7. The molecule has 2 aromatic rings. The van der Waals surface area contributed by atoms with E-state index in [0.717, 1.165) is 81.3 Å². The van der Waals surface area contributed by atoms with Crippen molar-refractivity contribution < 1.29 is 9.53 Å². The fourth-order valence-corrected chi connectivity index (χ4v) is 5.90. The van der Waals surface area contributed by atoms with Crippen molar-refractivity contribution in [2.45, 2.75) is 44.2 Å². The first kappa shape index (κ1) is 19.1. The van der Waals surface area contributed by atoms with Crippen LogP contribution in [0.25, 0.3) is 5.65 Å². The Morgan fingerprint density at radius 3 is 2.90 bits per heavy atom. The smallest absolute Gasteiger partial charge is 0.226 e. The van der Waals surface area contributed by atoms with E-state index in [1.807, 2.05) is 23.9 Å². The minimum Gasteiger partial charge on any atom is -0.376 e. The molecule has 3 fully saturated rings. The van der Waals surface area contributed by atoms with Crippen molar-refractivity contribution in [2.75, 3.05) is 42.6 Å². The highest BCUT2D eigenvalue weighted by molar-refractivity contribution is 7.99. The van der Waals surface area contributed by atoms with Crippen LogP contribution in [0.3, 0.4) is 0 Å². The first-order valence-electron chi connectivity index (χ1n) is 10.7. The third-order valence-electron chi connectivity index (χ3n) is 6.37. The van der Waals surface area contributed by atoms with Crippen LogP contribution in [0.4, 0.5) is 5.82 Å². The van der Waals surface area contributed by atoms with Crippen molar-refractivity contribution in [3.05, 3.63) is 18.5 Å². The fraction of sp³-hybridized carbons (Fsp3) is 0.700. The van der Waals surface area contributed by atoms with E-state index in [4.69, 9.17) is 4.74 Å². The molecule has 8 nitrogen and oxygen atoms in total. The Morgan fingerprint density at radius 1 is 1.24 bits per heavy atom. The van der Waals surface area contributed by atoms with Crippen LogP contribution in [0.15, 0.2) is 18.5 Å². The quantitative estimate of drug-likeness (QED) is 0.736. The lowest BCUT2D eigenvalue weighted by Gasteiger charge is -2.37. The number of anilines is 1. The average molecular weight is 417 g/mol. The molecular formula is C20H28N6O2S. The average Bonchev–Trinajstić information content (AvgIpc) is 3.53. The fourth-order valence-electron chi connectivity index (χ4n) is 4.67. The Kier molecular flexibility index (Phi) is 5.59. The Balaban J connectivity index is 1.23. The molecule has 156 valence electrons. The number of ether oxygens (including phenoxy) is 1. The van der Waals surface area contributed by atoms with Crippen molar-refractivity contribution in [1.82, 2.24) is 24.7 Å². The lowest BCUT2D eigenvalue weighted by molar-refractivity contribution is -0.140. The molecule has 0 radical (unpaired) electrons. The van der Waals surface area contributed by atoms with E-state index >= 15 is 0 Å². The highest BCUT2D eigenvalue weighted by Gasteiger charge is 2.35. The third kappa shape index (κ3) is 4.07. The molecule has 0 bridgehead atoms. The number of hydrogen-bond donors (Lipinski definition) is 0. The summed E-state index contributed by atoms with van der Waals surface area (Å²) >= 11 is 1.97. The molecular weight excluding hydrogens is 388 g/mol. The number of carbonyl (C=O) groups excluding carboxylic acids is 1. The van der Waals surface area contributed by atoms with Gasteiger partial charge >= 0.3 is 0 Å². The monoisotopic (exact) mass is 416 g/mol. The molecule has 0 spiro atoms. The summed E-state index contributed by atoms with van der Waals surface area (Å²) in [7, 11) is 0. The van der Waals surface area contributed by atoms with Crippen LogP contribution in [0.1, 0.15) is 32.1 Å². The van der Waals surface area contributed by atoms with Crippen LogP contribution in [0.2, 0.25) is 0 Å². The second-order valence-corrected chi connectivity index (χ2v) is 9.38. The molecule has 2 atom stereocenters. The van der Waals surface area contributed by atoms with Crippen molar-refractivity contribution in [1.29, 1.82) is 0 Å². The van der Waals surface area contributed by atoms with Crippen LogP contribution >= 0.6 is 11.8 Å². The summed E-state index contributed by atoms with van der Waals surface area (Å²) in [6, 6.07) is 4.31. The standard InChI is InChI=1S/C20H28N6O2S/c27-20(25(16-7-11-29-13-16)12-17-2-1-10-28-17)15-5-8-24(9-6-15)19-4-3-18-22-21-14-26(18)23-19/h3-4,14-17H,1-2,5-13H2. The van der Waals surface area contributed by atoms with Gasteiger partial charge in [-0.25, -0.2) is 0 Å². The number of amides is 1. The van der Waals surface area contributed by atoms with Gasteiger partial charge in [-0.05, 0) is 50.0 Å². The Bertz CT molecular complexity index is 840. The summed E-state index contributed by atoms with van der Waals surface area (Å²) < 4.78 is 7.56. The van der Waals surface area contributed by atoms with Gasteiger partial charge in [0.05, 0.1) is 6.10 Å². The molecule has 29 heavy (non-hydrogen) atoms. The molecule has 2 unspecified atom stereocenters. The topological polar surface area (TPSA) is 75.9 Å². The number of carbonyl (C=O) groups is 1. The molecule has 0 aliphatic carbocycles. The van der Waals surface area contributed by atoms with Crippen LogP contribution in [-0.4, -0.2) is 80.5 Å². The van der Waals surface area contributed by atoms with Gasteiger partial charge in [0.1, 0.15) is 12.1 Å². The van der Waals surface area contributed by atoms with E-state index in [-0.39, 0.29) is 12.0 Å². The highest BCUT2D eigenvalue weighted by atomic mass is 32.2. The predicted octanol–water partition coefficient (Wildman–Crippen LogP) is 1.85. The van der Waals surface area contributed by atoms with E-state index in [1.54, 1.807) is 10.8 Å². The van der Waals surface area contributed by atoms with Crippen molar-refractivity contribution in [2.24, 2.45) is 5.92 Å². The highest BCUT2D eigenvalue weighted by Crippen LogP contribution is 2.29. The van der Waals surface area contributed by atoms with Gasteiger partial charge in [-0.1, -0.05) is 0 Å². The van der Waals surface area contributed by atoms with Crippen molar-refractivity contribution in [3.8, 4) is 0 Å². The molecule has 3 aliphatic rings. The molecule has 0 saturated carbocycles. The number of piperidine rings is 1. The van der Waals surface area contributed by atoms with Crippen LogP contribution in [0.5, 0.6) is 0 Å².